The smallest absolute Gasteiger partial charge is 0.0967 e. The maximum absolute atomic E-state index is 5.26. The minimum absolute atomic E-state index is 0.0972. The van der Waals surface area contributed by atoms with Crippen LogP contribution in [-0.4, -0.2) is 14.5 Å². The molecule has 5 aromatic rings. The normalized spacial score (nSPS) is 14.4. The van der Waals surface area contributed by atoms with Crippen LogP contribution >= 0.6 is 0 Å². The second-order valence-electron chi connectivity index (χ2n) is 7.98. The van der Waals surface area contributed by atoms with Crippen LogP contribution in [0.3, 0.4) is 0 Å². The maximum Gasteiger partial charge on any atom is 0.0967 e. The lowest BCUT2D eigenvalue weighted by Gasteiger charge is -2.20. The second-order valence-corrected chi connectivity index (χ2v) is 7.98. The highest BCUT2D eigenvalue weighted by atomic mass is 15.0. The van der Waals surface area contributed by atoms with Gasteiger partial charge >= 0.3 is 0 Å². The van der Waals surface area contributed by atoms with Gasteiger partial charge in [0.1, 0.15) is 0 Å². The number of pyridine rings is 2. The van der Waals surface area contributed by atoms with Crippen LogP contribution in [0.5, 0.6) is 0 Å². The quantitative estimate of drug-likeness (QED) is 0.373. The maximum atomic E-state index is 5.26. The summed E-state index contributed by atoms with van der Waals surface area (Å²) in [6.07, 6.45) is 3.68. The van der Waals surface area contributed by atoms with Gasteiger partial charge in [-0.3, -0.25) is 4.98 Å². The van der Waals surface area contributed by atoms with Gasteiger partial charge in [0.15, 0.2) is 0 Å². The van der Waals surface area contributed by atoms with E-state index in [2.05, 4.69) is 90.1 Å². The first-order valence-corrected chi connectivity index (χ1v) is 9.61. The number of hydrogen-bond donors (Lipinski definition) is 0. The molecule has 0 radical (unpaired) electrons. The van der Waals surface area contributed by atoms with E-state index in [1.54, 1.807) is 0 Å². The Hall–Kier alpha value is -3.46. The Morgan fingerprint density at radius 3 is 2.39 bits per heavy atom. The van der Waals surface area contributed by atoms with Crippen LogP contribution in [0.15, 0.2) is 79.1 Å². The summed E-state index contributed by atoms with van der Waals surface area (Å²) in [6.45, 7) is 4.55. The van der Waals surface area contributed by atoms with Gasteiger partial charge in [0.2, 0.25) is 0 Å². The van der Waals surface area contributed by atoms with Crippen LogP contribution < -0.4 is 0 Å². The van der Waals surface area contributed by atoms with E-state index in [0.29, 0.717) is 0 Å². The van der Waals surface area contributed by atoms with E-state index in [1.807, 2.05) is 12.4 Å². The van der Waals surface area contributed by atoms with Crippen molar-refractivity contribution in [2.24, 2.45) is 0 Å². The molecule has 0 spiro atoms. The highest BCUT2D eigenvalue weighted by molar-refractivity contribution is 6.08. The number of rotatable bonds is 1. The summed E-state index contributed by atoms with van der Waals surface area (Å²) in [5.74, 6) is 0. The number of hydrogen-bond acceptors (Lipinski definition) is 2. The highest BCUT2D eigenvalue weighted by Gasteiger charge is 2.37. The lowest BCUT2D eigenvalue weighted by atomic mass is 9.85. The average Bonchev–Trinajstić information content (AvgIpc) is 3.17. The third-order valence-electron chi connectivity index (χ3n) is 6.05. The third kappa shape index (κ3) is 1.88. The summed E-state index contributed by atoms with van der Waals surface area (Å²) in [4.78, 5) is 9.45. The molecule has 6 rings (SSSR count). The van der Waals surface area contributed by atoms with Crippen molar-refractivity contribution >= 4 is 21.9 Å². The molecule has 2 aromatic carbocycles. The summed E-state index contributed by atoms with van der Waals surface area (Å²) >= 11 is 0. The van der Waals surface area contributed by atoms with E-state index in [4.69, 9.17) is 4.98 Å². The predicted octanol–water partition coefficient (Wildman–Crippen LogP) is 5.88. The van der Waals surface area contributed by atoms with E-state index < -0.39 is 0 Å². The molecule has 1 aliphatic rings. The summed E-state index contributed by atoms with van der Waals surface area (Å²) < 4.78 is 2.30. The summed E-state index contributed by atoms with van der Waals surface area (Å²) in [6, 6.07) is 23.6. The Balaban J connectivity index is 1.80. The molecule has 0 unspecified atom stereocenters. The fourth-order valence-electron chi connectivity index (χ4n) is 4.71. The standard InChI is InChI=1S/C25H19N3/c1-25(2)20-9-5-3-7-17(20)19-15-22-23(27-24(19)25)18-8-4-6-10-21(18)28(22)16-11-13-26-14-12-16/h3-15H,1-2H3. The van der Waals surface area contributed by atoms with Gasteiger partial charge < -0.3 is 4.57 Å². The van der Waals surface area contributed by atoms with E-state index in [1.165, 1.54) is 33.3 Å². The highest BCUT2D eigenvalue weighted by Crippen LogP contribution is 2.49. The zero-order chi connectivity index (χ0) is 18.9. The number of nitrogens with zero attached hydrogens (tertiary/aromatic N) is 3. The monoisotopic (exact) mass is 361 g/mol. The van der Waals surface area contributed by atoms with E-state index in [9.17, 15) is 0 Å². The zero-order valence-corrected chi connectivity index (χ0v) is 15.8. The number of para-hydroxylation sites is 1. The van der Waals surface area contributed by atoms with Crippen LogP contribution in [0, 0.1) is 0 Å². The summed E-state index contributed by atoms with van der Waals surface area (Å²) in [5.41, 5.74) is 9.43. The average molecular weight is 361 g/mol. The Bertz CT molecular complexity index is 1380. The van der Waals surface area contributed by atoms with Crippen LogP contribution in [0.25, 0.3) is 38.8 Å². The molecule has 0 amide bonds. The first-order chi connectivity index (χ1) is 13.7. The molecular weight excluding hydrogens is 342 g/mol. The minimum Gasteiger partial charge on any atom is -0.307 e. The van der Waals surface area contributed by atoms with Crippen molar-refractivity contribution in [2.75, 3.05) is 0 Å². The largest absolute Gasteiger partial charge is 0.307 e. The van der Waals surface area contributed by atoms with Crippen LogP contribution in [0.1, 0.15) is 25.1 Å². The number of fused-ring (bicyclic) bond motifs is 6. The van der Waals surface area contributed by atoms with Crippen molar-refractivity contribution in [3.8, 4) is 16.8 Å². The lowest BCUT2D eigenvalue weighted by molar-refractivity contribution is 0.640. The third-order valence-corrected chi connectivity index (χ3v) is 6.05. The van der Waals surface area contributed by atoms with Gasteiger partial charge in [0.05, 0.1) is 22.2 Å². The van der Waals surface area contributed by atoms with E-state index in [-0.39, 0.29) is 5.41 Å². The van der Waals surface area contributed by atoms with Gasteiger partial charge in [-0.25, -0.2) is 4.98 Å². The van der Waals surface area contributed by atoms with E-state index >= 15 is 0 Å². The van der Waals surface area contributed by atoms with Gasteiger partial charge in [-0.2, -0.15) is 0 Å². The molecule has 0 saturated carbocycles. The first-order valence-electron chi connectivity index (χ1n) is 9.61. The molecule has 28 heavy (non-hydrogen) atoms. The van der Waals surface area contributed by atoms with Gasteiger partial charge in [-0.1, -0.05) is 56.3 Å². The van der Waals surface area contributed by atoms with Crippen molar-refractivity contribution in [3.63, 3.8) is 0 Å². The van der Waals surface area contributed by atoms with Gasteiger partial charge in [-0.05, 0) is 35.4 Å². The molecule has 3 nitrogen and oxygen atoms in total. The van der Waals surface area contributed by atoms with Crippen LogP contribution in [0.4, 0.5) is 0 Å². The molecule has 0 atom stereocenters. The van der Waals surface area contributed by atoms with Crippen molar-refractivity contribution in [3.05, 3.63) is 90.4 Å². The molecule has 1 aliphatic carbocycles. The molecule has 0 aliphatic heterocycles. The topological polar surface area (TPSA) is 30.7 Å². The van der Waals surface area contributed by atoms with Crippen molar-refractivity contribution < 1.29 is 0 Å². The molecule has 0 saturated heterocycles. The van der Waals surface area contributed by atoms with Crippen LogP contribution in [0.2, 0.25) is 0 Å². The van der Waals surface area contributed by atoms with Crippen molar-refractivity contribution in [1.29, 1.82) is 0 Å². The van der Waals surface area contributed by atoms with Crippen LogP contribution in [-0.2, 0) is 5.41 Å². The molecule has 0 bridgehead atoms. The fourth-order valence-corrected chi connectivity index (χ4v) is 4.71. The molecule has 3 aromatic heterocycles. The Morgan fingerprint density at radius 1 is 0.786 bits per heavy atom. The Kier molecular flexibility index (Phi) is 2.95. The van der Waals surface area contributed by atoms with Crippen molar-refractivity contribution in [2.45, 2.75) is 19.3 Å². The SMILES string of the molecule is CC1(C)c2ccccc2-c2cc3c(nc21)c1ccccc1n3-c1ccncc1. The molecule has 3 heterocycles. The Labute approximate surface area is 163 Å². The minimum atomic E-state index is -0.0972. The van der Waals surface area contributed by atoms with Gasteiger partial charge in [0.25, 0.3) is 0 Å². The first kappa shape index (κ1) is 15.6. The second kappa shape index (κ2) is 5.29. The number of aromatic nitrogens is 3. The lowest BCUT2D eigenvalue weighted by Crippen LogP contribution is -2.16. The molecule has 0 fully saturated rings. The van der Waals surface area contributed by atoms with Gasteiger partial charge in [-0.15, -0.1) is 0 Å². The van der Waals surface area contributed by atoms with Gasteiger partial charge in [0, 0.05) is 34.4 Å². The molecule has 134 valence electrons. The molecule has 3 heteroatoms. The summed E-state index contributed by atoms with van der Waals surface area (Å²) in [5, 5.41) is 1.18. The fraction of sp³-hybridized carbons (Fsp3) is 0.120. The number of benzene rings is 2. The van der Waals surface area contributed by atoms with Crippen molar-refractivity contribution in [1.82, 2.24) is 14.5 Å². The predicted molar refractivity (Wildman–Crippen MR) is 114 cm³/mol. The van der Waals surface area contributed by atoms with E-state index in [0.717, 1.165) is 16.7 Å². The molecular formula is C25H19N3. The Morgan fingerprint density at radius 2 is 1.54 bits per heavy atom. The zero-order valence-electron chi connectivity index (χ0n) is 15.8. The molecule has 0 N–H and O–H groups in total. The summed E-state index contributed by atoms with van der Waals surface area (Å²) in [7, 11) is 0.